The molecule has 1 amide bonds. The quantitative estimate of drug-likeness (QED) is 0.664. The van der Waals surface area contributed by atoms with Crippen molar-refractivity contribution in [3.63, 3.8) is 0 Å². The first kappa shape index (κ1) is 18.0. The maximum Gasteiger partial charge on any atom is 0.258 e. The van der Waals surface area contributed by atoms with Gasteiger partial charge in [-0.2, -0.15) is 4.98 Å². The molecule has 0 atom stereocenters. The summed E-state index contributed by atoms with van der Waals surface area (Å²) in [6, 6.07) is 7.37. The molecule has 0 N–H and O–H groups in total. The van der Waals surface area contributed by atoms with Crippen molar-refractivity contribution < 1.29 is 9.32 Å². The van der Waals surface area contributed by atoms with Gasteiger partial charge in [-0.3, -0.25) is 14.8 Å². The third-order valence-corrected chi connectivity index (χ3v) is 6.12. The number of likely N-dealkylation sites (tertiary alicyclic amines) is 1. The molecular formula is C22H23N5O2. The molecule has 7 nitrogen and oxygen atoms in total. The van der Waals surface area contributed by atoms with Crippen molar-refractivity contribution in [2.24, 2.45) is 5.92 Å². The minimum Gasteiger partial charge on any atom is -0.339 e. The van der Waals surface area contributed by atoms with Crippen molar-refractivity contribution >= 4 is 5.91 Å². The molecule has 1 saturated heterocycles. The average Bonchev–Trinajstić information content (AvgIpc) is 3.45. The molecule has 2 aliphatic rings. The maximum absolute atomic E-state index is 12.8. The van der Waals surface area contributed by atoms with Crippen LogP contribution in [0.3, 0.4) is 0 Å². The van der Waals surface area contributed by atoms with E-state index in [1.54, 1.807) is 30.9 Å². The first-order chi connectivity index (χ1) is 14.2. The number of rotatable bonds is 5. The van der Waals surface area contributed by atoms with E-state index in [1.807, 2.05) is 23.1 Å². The largest absolute Gasteiger partial charge is 0.339 e. The van der Waals surface area contributed by atoms with E-state index >= 15 is 0 Å². The van der Waals surface area contributed by atoms with Gasteiger partial charge in [-0.25, -0.2) is 0 Å². The van der Waals surface area contributed by atoms with E-state index < -0.39 is 0 Å². The van der Waals surface area contributed by atoms with E-state index in [2.05, 4.69) is 15.1 Å². The van der Waals surface area contributed by atoms with Crippen molar-refractivity contribution in [2.45, 2.75) is 37.5 Å². The summed E-state index contributed by atoms with van der Waals surface area (Å²) in [6.07, 6.45) is 12.1. The Morgan fingerprint density at radius 2 is 1.90 bits per heavy atom. The lowest BCUT2D eigenvalue weighted by Crippen LogP contribution is -2.46. The molecule has 3 aromatic rings. The Morgan fingerprint density at radius 1 is 1.10 bits per heavy atom. The third-order valence-electron chi connectivity index (χ3n) is 6.12. The number of hydrogen-bond acceptors (Lipinski definition) is 6. The number of carbonyl (C=O) groups excluding carboxylic acids is 1. The van der Waals surface area contributed by atoms with Crippen molar-refractivity contribution in [3.05, 3.63) is 60.4 Å². The molecule has 0 bridgehead atoms. The highest BCUT2D eigenvalue weighted by Crippen LogP contribution is 2.46. The second-order valence-electron chi connectivity index (χ2n) is 8.12. The minimum absolute atomic E-state index is 0.0451. The highest BCUT2D eigenvalue weighted by molar-refractivity contribution is 5.93. The summed E-state index contributed by atoms with van der Waals surface area (Å²) in [5.41, 5.74) is 1.40. The highest BCUT2D eigenvalue weighted by atomic mass is 16.5. The van der Waals surface area contributed by atoms with Crippen LogP contribution in [0.5, 0.6) is 0 Å². The standard InChI is InChI=1S/C22H23N5O2/c28-20(18-2-1-9-24-15-18)27-12-7-22(8-13-27,14-16-3-4-16)21-25-19(29-26-21)17-5-10-23-11-6-17/h1-2,5-6,9-11,15-16H,3-4,7-8,12-14H2. The van der Waals surface area contributed by atoms with Crippen molar-refractivity contribution in [3.8, 4) is 11.5 Å². The van der Waals surface area contributed by atoms with Gasteiger partial charge in [0, 0.05) is 48.9 Å². The zero-order valence-corrected chi connectivity index (χ0v) is 16.2. The van der Waals surface area contributed by atoms with Gasteiger partial charge in [-0.1, -0.05) is 18.0 Å². The smallest absolute Gasteiger partial charge is 0.258 e. The van der Waals surface area contributed by atoms with Crippen LogP contribution < -0.4 is 0 Å². The summed E-state index contributed by atoms with van der Waals surface area (Å²) in [7, 11) is 0. The van der Waals surface area contributed by atoms with E-state index in [0.29, 0.717) is 24.5 Å². The molecule has 29 heavy (non-hydrogen) atoms. The molecule has 0 unspecified atom stereocenters. The fourth-order valence-electron chi connectivity index (χ4n) is 4.25. The fourth-order valence-corrected chi connectivity index (χ4v) is 4.25. The predicted octanol–water partition coefficient (Wildman–Crippen LogP) is 3.50. The van der Waals surface area contributed by atoms with E-state index in [9.17, 15) is 4.79 Å². The number of aromatic nitrogens is 4. The van der Waals surface area contributed by atoms with Crippen molar-refractivity contribution in [1.29, 1.82) is 0 Å². The van der Waals surface area contributed by atoms with Gasteiger partial charge in [0.15, 0.2) is 5.82 Å². The predicted molar refractivity (Wildman–Crippen MR) is 106 cm³/mol. The van der Waals surface area contributed by atoms with Crippen LogP contribution in [0.1, 0.15) is 48.3 Å². The second kappa shape index (κ2) is 7.39. The van der Waals surface area contributed by atoms with Gasteiger partial charge in [-0.15, -0.1) is 0 Å². The van der Waals surface area contributed by atoms with E-state index in [-0.39, 0.29) is 11.3 Å². The summed E-state index contributed by atoms with van der Waals surface area (Å²) >= 11 is 0. The summed E-state index contributed by atoms with van der Waals surface area (Å²) in [5.74, 6) is 2.10. The van der Waals surface area contributed by atoms with Crippen LogP contribution in [0, 0.1) is 5.92 Å². The molecule has 1 aliphatic carbocycles. The van der Waals surface area contributed by atoms with E-state index in [0.717, 1.165) is 36.6 Å². The molecule has 5 rings (SSSR count). The molecule has 3 aromatic heterocycles. The molecule has 0 aromatic carbocycles. The van der Waals surface area contributed by atoms with Crippen LogP contribution >= 0.6 is 0 Å². The van der Waals surface area contributed by atoms with Crippen LogP contribution in [-0.2, 0) is 5.41 Å². The van der Waals surface area contributed by atoms with Gasteiger partial charge in [0.2, 0.25) is 0 Å². The molecule has 7 heteroatoms. The fraction of sp³-hybridized carbons (Fsp3) is 0.409. The number of nitrogens with zero attached hydrogens (tertiary/aromatic N) is 5. The molecule has 2 fully saturated rings. The lowest BCUT2D eigenvalue weighted by atomic mass is 9.73. The molecule has 148 valence electrons. The van der Waals surface area contributed by atoms with Gasteiger partial charge in [0.25, 0.3) is 11.8 Å². The Hall–Kier alpha value is -3.09. The van der Waals surface area contributed by atoms with E-state index in [1.165, 1.54) is 12.8 Å². The number of amides is 1. The number of hydrogen-bond donors (Lipinski definition) is 0. The SMILES string of the molecule is O=C(c1cccnc1)N1CCC(CC2CC2)(c2noc(-c3ccncc3)n2)CC1. The average molecular weight is 389 g/mol. The summed E-state index contributed by atoms with van der Waals surface area (Å²) in [6.45, 7) is 1.39. The monoisotopic (exact) mass is 389 g/mol. The van der Waals surface area contributed by atoms with Crippen LogP contribution in [-0.4, -0.2) is 44.0 Å². The van der Waals surface area contributed by atoms with Crippen LogP contribution in [0.25, 0.3) is 11.5 Å². The van der Waals surface area contributed by atoms with Crippen molar-refractivity contribution in [2.75, 3.05) is 13.1 Å². The Balaban J connectivity index is 1.36. The summed E-state index contributed by atoms with van der Waals surface area (Å²) in [4.78, 5) is 27.6. The third kappa shape index (κ3) is 3.64. The second-order valence-corrected chi connectivity index (χ2v) is 8.12. The van der Waals surface area contributed by atoms with Crippen LogP contribution in [0.4, 0.5) is 0 Å². The Morgan fingerprint density at radius 3 is 2.59 bits per heavy atom. The van der Waals surface area contributed by atoms with Crippen molar-refractivity contribution in [1.82, 2.24) is 25.0 Å². The summed E-state index contributed by atoms with van der Waals surface area (Å²) < 4.78 is 5.60. The lowest BCUT2D eigenvalue weighted by Gasteiger charge is -2.40. The Bertz CT molecular complexity index is 977. The maximum atomic E-state index is 12.8. The first-order valence-corrected chi connectivity index (χ1v) is 10.2. The molecule has 1 aliphatic heterocycles. The molecule has 1 saturated carbocycles. The van der Waals surface area contributed by atoms with Crippen LogP contribution in [0.2, 0.25) is 0 Å². The first-order valence-electron chi connectivity index (χ1n) is 10.2. The van der Waals surface area contributed by atoms with Gasteiger partial charge in [-0.05, 0) is 49.4 Å². The van der Waals surface area contributed by atoms with Crippen LogP contribution in [0.15, 0.2) is 53.6 Å². The molecule has 4 heterocycles. The zero-order valence-electron chi connectivity index (χ0n) is 16.2. The number of piperidine rings is 1. The lowest BCUT2D eigenvalue weighted by molar-refractivity contribution is 0.0645. The zero-order chi connectivity index (χ0) is 19.7. The van der Waals surface area contributed by atoms with Gasteiger partial charge < -0.3 is 9.42 Å². The van der Waals surface area contributed by atoms with E-state index in [4.69, 9.17) is 9.51 Å². The topological polar surface area (TPSA) is 85.0 Å². The normalized spacial score (nSPS) is 18.6. The number of carbonyl (C=O) groups is 1. The minimum atomic E-state index is -0.123. The summed E-state index contributed by atoms with van der Waals surface area (Å²) in [5, 5.41) is 4.38. The number of pyridine rings is 2. The molecule has 0 spiro atoms. The Kier molecular flexibility index (Phi) is 4.58. The van der Waals surface area contributed by atoms with Gasteiger partial charge >= 0.3 is 0 Å². The highest BCUT2D eigenvalue weighted by Gasteiger charge is 2.44. The molecular weight excluding hydrogens is 366 g/mol. The van der Waals surface area contributed by atoms with Gasteiger partial charge in [0.05, 0.1) is 5.56 Å². The Labute approximate surface area is 169 Å². The van der Waals surface area contributed by atoms with Gasteiger partial charge in [0.1, 0.15) is 0 Å². The molecule has 0 radical (unpaired) electrons.